The molecule has 0 radical (unpaired) electrons. The molecular formula is C19H29N3O. The fourth-order valence-electron chi connectivity index (χ4n) is 3.42. The zero-order valence-electron chi connectivity index (χ0n) is 14.4. The lowest BCUT2D eigenvalue weighted by molar-refractivity contribution is 0.114. The number of likely N-dealkylation sites (tertiary alicyclic amines) is 1. The predicted octanol–water partition coefficient (Wildman–Crippen LogP) is 2.87. The van der Waals surface area contributed by atoms with Gasteiger partial charge in [-0.3, -0.25) is 4.99 Å². The molecule has 23 heavy (non-hydrogen) atoms. The first-order valence-corrected chi connectivity index (χ1v) is 9.00. The molecule has 1 saturated heterocycles. The number of aliphatic imine (C=N–C) groups is 1. The number of hydrogen-bond donors (Lipinski definition) is 1. The van der Waals surface area contributed by atoms with Gasteiger partial charge in [0.05, 0.1) is 6.61 Å². The largest absolute Gasteiger partial charge is 0.381 e. The molecule has 126 valence electrons. The molecule has 0 amide bonds. The summed E-state index contributed by atoms with van der Waals surface area (Å²) in [4.78, 5) is 7.13. The number of nitrogens with zero attached hydrogens (tertiary/aromatic N) is 2. The first kappa shape index (κ1) is 16.3. The summed E-state index contributed by atoms with van der Waals surface area (Å²) in [5.41, 5.74) is 1.44. The third kappa shape index (κ3) is 4.25. The third-order valence-corrected chi connectivity index (χ3v) is 4.78. The van der Waals surface area contributed by atoms with Gasteiger partial charge in [-0.2, -0.15) is 0 Å². The quantitative estimate of drug-likeness (QED) is 0.648. The average Bonchev–Trinajstić information content (AvgIpc) is 3.19. The fraction of sp³-hybridized carbons (Fsp3) is 0.632. The van der Waals surface area contributed by atoms with Crippen LogP contribution in [0.25, 0.3) is 0 Å². The van der Waals surface area contributed by atoms with Gasteiger partial charge in [0.25, 0.3) is 0 Å². The van der Waals surface area contributed by atoms with Gasteiger partial charge >= 0.3 is 0 Å². The smallest absolute Gasteiger partial charge is 0.194 e. The van der Waals surface area contributed by atoms with E-state index in [1.807, 2.05) is 0 Å². The van der Waals surface area contributed by atoms with Gasteiger partial charge in [0.2, 0.25) is 0 Å². The van der Waals surface area contributed by atoms with E-state index in [1.54, 1.807) is 0 Å². The van der Waals surface area contributed by atoms with Crippen molar-refractivity contribution in [2.45, 2.75) is 38.6 Å². The van der Waals surface area contributed by atoms with E-state index in [2.05, 4.69) is 54.4 Å². The Kier molecular flexibility index (Phi) is 5.55. The molecule has 1 N–H and O–H groups in total. The molecule has 1 aliphatic carbocycles. The molecule has 1 saturated carbocycles. The van der Waals surface area contributed by atoms with E-state index in [4.69, 9.17) is 9.73 Å². The van der Waals surface area contributed by atoms with E-state index in [1.165, 1.54) is 18.4 Å². The maximum absolute atomic E-state index is 5.59. The van der Waals surface area contributed by atoms with Crippen LogP contribution in [0.3, 0.4) is 0 Å². The molecule has 1 heterocycles. The maximum Gasteiger partial charge on any atom is 0.194 e. The predicted molar refractivity (Wildman–Crippen MR) is 94.9 cm³/mol. The van der Waals surface area contributed by atoms with Crippen LogP contribution in [0.15, 0.2) is 35.3 Å². The Balaban J connectivity index is 1.54. The third-order valence-electron chi connectivity index (χ3n) is 4.78. The topological polar surface area (TPSA) is 36.9 Å². The van der Waals surface area contributed by atoms with Crippen LogP contribution in [-0.4, -0.2) is 49.7 Å². The van der Waals surface area contributed by atoms with Crippen LogP contribution in [-0.2, 0) is 4.74 Å². The molecule has 1 aromatic rings. The molecule has 0 bridgehead atoms. The zero-order chi connectivity index (χ0) is 16.1. The summed E-state index contributed by atoms with van der Waals surface area (Å²) in [6.07, 6.45) is 2.42. The molecule has 3 atom stereocenters. The van der Waals surface area contributed by atoms with E-state index in [0.29, 0.717) is 17.9 Å². The Morgan fingerprint density at radius 2 is 2.13 bits per heavy atom. The van der Waals surface area contributed by atoms with Crippen LogP contribution in [0, 0.1) is 5.92 Å². The Morgan fingerprint density at radius 3 is 2.87 bits per heavy atom. The van der Waals surface area contributed by atoms with Crippen LogP contribution in [0.2, 0.25) is 0 Å². The number of rotatable bonds is 6. The lowest BCUT2D eigenvalue weighted by Gasteiger charge is -2.22. The van der Waals surface area contributed by atoms with E-state index in [0.717, 1.165) is 38.8 Å². The van der Waals surface area contributed by atoms with Crippen molar-refractivity contribution in [3.63, 3.8) is 0 Å². The van der Waals surface area contributed by atoms with Crippen molar-refractivity contribution in [3.8, 4) is 0 Å². The maximum atomic E-state index is 5.59. The van der Waals surface area contributed by atoms with Gasteiger partial charge in [0.15, 0.2) is 5.96 Å². The summed E-state index contributed by atoms with van der Waals surface area (Å²) in [5.74, 6) is 2.37. The first-order valence-electron chi connectivity index (χ1n) is 9.00. The van der Waals surface area contributed by atoms with Crippen molar-refractivity contribution in [1.82, 2.24) is 10.2 Å². The van der Waals surface area contributed by atoms with Gasteiger partial charge in [0.1, 0.15) is 0 Å². The molecule has 1 aliphatic heterocycles. The number of nitrogens with one attached hydrogen (secondary N) is 1. The second kappa shape index (κ2) is 7.82. The summed E-state index contributed by atoms with van der Waals surface area (Å²) in [6.45, 7) is 8.85. The van der Waals surface area contributed by atoms with Gasteiger partial charge in [-0.1, -0.05) is 30.3 Å². The van der Waals surface area contributed by atoms with Crippen LogP contribution in [0.5, 0.6) is 0 Å². The van der Waals surface area contributed by atoms with Crippen LogP contribution < -0.4 is 5.32 Å². The standard InChI is InChI=1S/C19H29N3O/c1-3-20-19(22-11-10-15(13-22)14-23-4-2)21-18-12-17(18)16-8-6-5-7-9-16/h5-9,15,17-18H,3-4,10-14H2,1-2H3,(H,20,21). The normalized spacial score (nSPS) is 27.3. The Bertz CT molecular complexity index is 517. The molecular weight excluding hydrogens is 286 g/mol. The molecule has 1 aromatic carbocycles. The molecule has 3 rings (SSSR count). The molecule has 4 nitrogen and oxygen atoms in total. The number of hydrogen-bond acceptors (Lipinski definition) is 2. The summed E-state index contributed by atoms with van der Waals surface area (Å²) < 4.78 is 5.59. The fourth-order valence-corrected chi connectivity index (χ4v) is 3.42. The first-order chi connectivity index (χ1) is 11.3. The van der Waals surface area contributed by atoms with Gasteiger partial charge in [-0.15, -0.1) is 0 Å². The number of benzene rings is 1. The van der Waals surface area contributed by atoms with Crippen molar-refractivity contribution >= 4 is 5.96 Å². The van der Waals surface area contributed by atoms with Crippen molar-refractivity contribution in [1.29, 1.82) is 0 Å². The summed E-state index contributed by atoms with van der Waals surface area (Å²) in [7, 11) is 0. The minimum atomic E-state index is 0.536. The highest BCUT2D eigenvalue weighted by atomic mass is 16.5. The lowest BCUT2D eigenvalue weighted by atomic mass is 10.1. The Hall–Kier alpha value is -1.55. The molecule has 0 aromatic heterocycles. The summed E-state index contributed by atoms with van der Waals surface area (Å²) >= 11 is 0. The van der Waals surface area contributed by atoms with Gasteiger partial charge < -0.3 is 15.0 Å². The van der Waals surface area contributed by atoms with Crippen LogP contribution in [0.1, 0.15) is 38.2 Å². The van der Waals surface area contributed by atoms with Crippen molar-refractivity contribution in [2.75, 3.05) is 32.8 Å². The summed E-state index contributed by atoms with van der Waals surface area (Å²) in [5, 5.41) is 3.69. The second-order valence-electron chi connectivity index (χ2n) is 6.56. The van der Waals surface area contributed by atoms with E-state index >= 15 is 0 Å². The second-order valence-corrected chi connectivity index (χ2v) is 6.56. The van der Waals surface area contributed by atoms with Gasteiger partial charge in [-0.05, 0) is 32.3 Å². The molecule has 4 heteroatoms. The number of ether oxygens (including phenoxy) is 1. The zero-order valence-corrected chi connectivity index (χ0v) is 14.4. The van der Waals surface area contributed by atoms with Crippen LogP contribution in [0.4, 0.5) is 0 Å². The monoisotopic (exact) mass is 315 g/mol. The summed E-state index contributed by atoms with van der Waals surface area (Å²) in [6, 6.07) is 11.3. The van der Waals surface area contributed by atoms with Gasteiger partial charge in [0, 0.05) is 44.1 Å². The van der Waals surface area contributed by atoms with Crippen LogP contribution >= 0.6 is 0 Å². The lowest BCUT2D eigenvalue weighted by Crippen LogP contribution is -2.42. The highest BCUT2D eigenvalue weighted by Gasteiger charge is 2.40. The van der Waals surface area contributed by atoms with Crippen molar-refractivity contribution < 1.29 is 4.74 Å². The highest BCUT2D eigenvalue weighted by Crippen LogP contribution is 2.40. The Labute approximate surface area is 139 Å². The van der Waals surface area contributed by atoms with Crippen molar-refractivity contribution in [3.05, 3.63) is 35.9 Å². The molecule has 0 spiro atoms. The average molecular weight is 315 g/mol. The number of guanidine groups is 1. The minimum absolute atomic E-state index is 0.536. The SMILES string of the molecule is CCN=C(NC1CC1c1ccccc1)N1CCC(COCC)C1. The van der Waals surface area contributed by atoms with E-state index in [9.17, 15) is 0 Å². The molecule has 2 aliphatic rings. The van der Waals surface area contributed by atoms with E-state index < -0.39 is 0 Å². The molecule has 3 unspecified atom stereocenters. The van der Waals surface area contributed by atoms with Crippen molar-refractivity contribution in [2.24, 2.45) is 10.9 Å². The molecule has 2 fully saturated rings. The minimum Gasteiger partial charge on any atom is -0.381 e. The Morgan fingerprint density at radius 1 is 1.30 bits per heavy atom. The van der Waals surface area contributed by atoms with E-state index in [-0.39, 0.29) is 0 Å². The highest BCUT2D eigenvalue weighted by molar-refractivity contribution is 5.81. The van der Waals surface area contributed by atoms with Gasteiger partial charge in [-0.25, -0.2) is 0 Å².